The van der Waals surface area contributed by atoms with Crippen LogP contribution in [-0.2, 0) is 6.54 Å². The fourth-order valence-electron chi connectivity index (χ4n) is 1.61. The molecule has 0 aromatic heterocycles. The van der Waals surface area contributed by atoms with Gasteiger partial charge in [0.25, 0.3) is 0 Å². The summed E-state index contributed by atoms with van der Waals surface area (Å²) in [4.78, 5) is 1.42. The van der Waals surface area contributed by atoms with E-state index >= 15 is 0 Å². The molecule has 0 radical (unpaired) electrons. The van der Waals surface area contributed by atoms with Gasteiger partial charge >= 0.3 is 0 Å². The molecular weight excluding hydrogens is 238 g/mol. The number of thioether (sulfide) groups is 1. The van der Waals surface area contributed by atoms with E-state index < -0.39 is 0 Å². The average Bonchev–Trinajstić information content (AvgIpc) is 2.24. The van der Waals surface area contributed by atoms with Gasteiger partial charge in [-0.25, -0.2) is 0 Å². The first kappa shape index (κ1) is 15.6. The first-order valence-corrected chi connectivity index (χ1v) is 7.74. The second-order valence-corrected chi connectivity index (χ2v) is 7.47. The third kappa shape index (κ3) is 5.92. The minimum atomic E-state index is 0.180. The van der Waals surface area contributed by atoms with Gasteiger partial charge in [0.1, 0.15) is 0 Å². The number of hydrogen-bond acceptors (Lipinski definition) is 2. The predicted octanol–water partition coefficient (Wildman–Crippen LogP) is 4.63. The van der Waals surface area contributed by atoms with Gasteiger partial charge in [0.05, 0.1) is 0 Å². The summed E-state index contributed by atoms with van der Waals surface area (Å²) in [6, 6.07) is 6.82. The molecule has 0 heterocycles. The molecular formula is C16H27NS. The summed E-state index contributed by atoms with van der Waals surface area (Å²) in [6.07, 6.45) is 0. The summed E-state index contributed by atoms with van der Waals surface area (Å²) in [5.41, 5.74) is 2.95. The Bertz CT molecular complexity index is 377. The standard InChI is InChI=1S/C16H27NS/c1-12(2)11-18-15-8-7-14(9-13(15)3)10-17-16(4,5)6/h7-9,12,17H,10-11H2,1-6H3. The van der Waals surface area contributed by atoms with E-state index in [1.54, 1.807) is 0 Å². The van der Waals surface area contributed by atoms with Crippen LogP contribution in [0.5, 0.6) is 0 Å². The highest BCUT2D eigenvalue weighted by molar-refractivity contribution is 7.99. The summed E-state index contributed by atoms with van der Waals surface area (Å²) < 4.78 is 0. The number of nitrogens with one attached hydrogen (secondary N) is 1. The molecule has 1 N–H and O–H groups in total. The summed E-state index contributed by atoms with van der Waals surface area (Å²) in [5, 5.41) is 3.53. The third-order valence-corrected chi connectivity index (χ3v) is 4.24. The lowest BCUT2D eigenvalue weighted by atomic mass is 10.1. The van der Waals surface area contributed by atoms with Crippen LogP contribution in [0.4, 0.5) is 0 Å². The monoisotopic (exact) mass is 265 g/mol. The van der Waals surface area contributed by atoms with Crippen LogP contribution in [0.15, 0.2) is 23.1 Å². The van der Waals surface area contributed by atoms with E-state index in [1.807, 2.05) is 11.8 Å². The van der Waals surface area contributed by atoms with Crippen LogP contribution in [0.3, 0.4) is 0 Å². The lowest BCUT2D eigenvalue weighted by Gasteiger charge is -2.21. The van der Waals surface area contributed by atoms with Gasteiger partial charge in [-0.3, -0.25) is 0 Å². The predicted molar refractivity (Wildman–Crippen MR) is 83.3 cm³/mol. The van der Waals surface area contributed by atoms with Crippen LogP contribution in [0.25, 0.3) is 0 Å². The van der Waals surface area contributed by atoms with Gasteiger partial charge in [0.2, 0.25) is 0 Å². The number of benzene rings is 1. The van der Waals surface area contributed by atoms with Gasteiger partial charge in [0.15, 0.2) is 0 Å². The highest BCUT2D eigenvalue weighted by Crippen LogP contribution is 2.25. The second-order valence-electron chi connectivity index (χ2n) is 6.41. The van der Waals surface area contributed by atoms with Crippen molar-refractivity contribution in [2.24, 2.45) is 5.92 Å². The minimum Gasteiger partial charge on any atom is -0.308 e. The summed E-state index contributed by atoms with van der Waals surface area (Å²) in [7, 11) is 0. The van der Waals surface area contributed by atoms with Crippen molar-refractivity contribution in [3.05, 3.63) is 29.3 Å². The first-order valence-electron chi connectivity index (χ1n) is 6.75. The lowest BCUT2D eigenvalue weighted by Crippen LogP contribution is -2.35. The van der Waals surface area contributed by atoms with Crippen molar-refractivity contribution < 1.29 is 0 Å². The van der Waals surface area contributed by atoms with Gasteiger partial charge < -0.3 is 5.32 Å². The molecule has 0 aliphatic heterocycles. The van der Waals surface area contributed by atoms with Gasteiger partial charge in [-0.2, -0.15) is 0 Å². The Morgan fingerprint density at radius 2 is 1.89 bits per heavy atom. The normalized spacial score (nSPS) is 12.2. The maximum atomic E-state index is 3.53. The molecule has 0 atom stereocenters. The molecule has 0 amide bonds. The maximum absolute atomic E-state index is 3.53. The molecule has 1 aromatic rings. The molecule has 0 unspecified atom stereocenters. The minimum absolute atomic E-state index is 0.180. The molecule has 1 rings (SSSR count). The molecule has 0 aliphatic carbocycles. The smallest absolute Gasteiger partial charge is 0.0210 e. The zero-order valence-corrected chi connectivity index (χ0v) is 13.4. The summed E-state index contributed by atoms with van der Waals surface area (Å²) in [5.74, 6) is 1.94. The summed E-state index contributed by atoms with van der Waals surface area (Å²) >= 11 is 1.97. The largest absolute Gasteiger partial charge is 0.308 e. The van der Waals surface area contributed by atoms with Crippen molar-refractivity contribution in [2.75, 3.05) is 5.75 Å². The van der Waals surface area contributed by atoms with Crippen LogP contribution in [0, 0.1) is 12.8 Å². The fraction of sp³-hybridized carbons (Fsp3) is 0.625. The third-order valence-electron chi connectivity index (χ3n) is 2.63. The van der Waals surface area contributed by atoms with Gasteiger partial charge in [-0.05, 0) is 50.8 Å². The van der Waals surface area contributed by atoms with Crippen molar-refractivity contribution in [1.82, 2.24) is 5.32 Å². The Hall–Kier alpha value is -0.470. The highest BCUT2D eigenvalue weighted by Gasteiger charge is 2.09. The quantitative estimate of drug-likeness (QED) is 0.779. The molecule has 1 nitrogen and oxygen atoms in total. The maximum Gasteiger partial charge on any atom is 0.0210 e. The van der Waals surface area contributed by atoms with Crippen LogP contribution in [-0.4, -0.2) is 11.3 Å². The lowest BCUT2D eigenvalue weighted by molar-refractivity contribution is 0.424. The van der Waals surface area contributed by atoms with Crippen LogP contribution in [0.1, 0.15) is 45.7 Å². The molecule has 0 saturated heterocycles. The van der Waals surface area contributed by atoms with Crippen LogP contribution >= 0.6 is 11.8 Å². The van der Waals surface area contributed by atoms with E-state index in [1.165, 1.54) is 21.8 Å². The van der Waals surface area contributed by atoms with E-state index in [9.17, 15) is 0 Å². The topological polar surface area (TPSA) is 12.0 Å². The molecule has 0 spiro atoms. The molecule has 0 fully saturated rings. The van der Waals surface area contributed by atoms with Crippen LogP contribution < -0.4 is 5.32 Å². The van der Waals surface area contributed by atoms with Gasteiger partial charge in [-0.15, -0.1) is 11.8 Å². The van der Waals surface area contributed by atoms with Crippen molar-refractivity contribution in [3.8, 4) is 0 Å². The zero-order valence-electron chi connectivity index (χ0n) is 12.6. The molecule has 0 aliphatic rings. The van der Waals surface area contributed by atoms with E-state index in [0.717, 1.165) is 12.5 Å². The Balaban J connectivity index is 2.62. The molecule has 0 bridgehead atoms. The Morgan fingerprint density at radius 3 is 2.39 bits per heavy atom. The Labute approximate surface area is 117 Å². The Kier molecular flexibility index (Phi) is 5.74. The van der Waals surface area contributed by atoms with E-state index in [-0.39, 0.29) is 5.54 Å². The summed E-state index contributed by atoms with van der Waals surface area (Å²) in [6.45, 7) is 14.3. The second kappa shape index (κ2) is 6.63. The first-order chi connectivity index (χ1) is 8.28. The zero-order chi connectivity index (χ0) is 13.8. The van der Waals surface area contributed by atoms with Crippen molar-refractivity contribution in [2.45, 2.75) is 58.5 Å². The van der Waals surface area contributed by atoms with Crippen molar-refractivity contribution in [3.63, 3.8) is 0 Å². The van der Waals surface area contributed by atoms with Gasteiger partial charge in [-0.1, -0.05) is 26.0 Å². The molecule has 18 heavy (non-hydrogen) atoms. The highest BCUT2D eigenvalue weighted by atomic mass is 32.2. The van der Waals surface area contributed by atoms with Crippen LogP contribution in [0.2, 0.25) is 0 Å². The fourth-order valence-corrected chi connectivity index (χ4v) is 2.57. The van der Waals surface area contributed by atoms with Gasteiger partial charge in [0, 0.05) is 22.7 Å². The average molecular weight is 265 g/mol. The van der Waals surface area contributed by atoms with E-state index in [4.69, 9.17) is 0 Å². The van der Waals surface area contributed by atoms with Crippen molar-refractivity contribution >= 4 is 11.8 Å². The van der Waals surface area contributed by atoms with Crippen molar-refractivity contribution in [1.29, 1.82) is 0 Å². The molecule has 0 saturated carbocycles. The molecule has 102 valence electrons. The van der Waals surface area contributed by atoms with E-state index in [2.05, 4.69) is 65.1 Å². The number of rotatable bonds is 5. The Morgan fingerprint density at radius 1 is 1.22 bits per heavy atom. The molecule has 2 heteroatoms. The number of hydrogen-bond donors (Lipinski definition) is 1. The molecule has 1 aromatic carbocycles. The SMILES string of the molecule is Cc1cc(CNC(C)(C)C)ccc1SCC(C)C. The number of aryl methyl sites for hydroxylation is 1. The van der Waals surface area contributed by atoms with E-state index in [0.29, 0.717) is 0 Å².